The fourth-order valence-electron chi connectivity index (χ4n) is 2.36. The fourth-order valence-corrected chi connectivity index (χ4v) is 2.36. The molecular formula is C14H18O4. The highest BCUT2D eigenvalue weighted by atomic mass is 16.5. The molecule has 4 heteroatoms. The molecule has 1 aliphatic rings. The number of methoxy groups -OCH3 is 1. The van der Waals surface area contributed by atoms with Gasteiger partial charge in [0.05, 0.1) is 20.3 Å². The summed E-state index contributed by atoms with van der Waals surface area (Å²) >= 11 is 0. The maximum Gasteiger partial charge on any atom is 0.303 e. The first-order valence-corrected chi connectivity index (χ1v) is 6.02. The molecule has 2 rings (SSSR count). The highest BCUT2D eigenvalue weighted by Gasteiger charge is 2.40. The van der Waals surface area contributed by atoms with Gasteiger partial charge in [-0.25, -0.2) is 0 Å². The van der Waals surface area contributed by atoms with Crippen LogP contribution in [0.1, 0.15) is 24.0 Å². The number of aliphatic carboxylic acids is 1. The number of carboxylic acid groups (broad SMARTS) is 1. The maximum atomic E-state index is 10.7. The van der Waals surface area contributed by atoms with E-state index < -0.39 is 5.97 Å². The van der Waals surface area contributed by atoms with Gasteiger partial charge in [-0.3, -0.25) is 4.79 Å². The van der Waals surface area contributed by atoms with Gasteiger partial charge in [-0.1, -0.05) is 12.1 Å². The monoisotopic (exact) mass is 250 g/mol. The van der Waals surface area contributed by atoms with Gasteiger partial charge in [0.15, 0.2) is 0 Å². The fraction of sp³-hybridized carbons (Fsp3) is 0.500. The Hall–Kier alpha value is -1.55. The quantitative estimate of drug-likeness (QED) is 0.869. The Balaban J connectivity index is 2.22. The zero-order valence-corrected chi connectivity index (χ0v) is 10.7. The summed E-state index contributed by atoms with van der Waals surface area (Å²) in [7, 11) is 1.65. The predicted molar refractivity (Wildman–Crippen MR) is 67.1 cm³/mol. The van der Waals surface area contributed by atoms with Crippen molar-refractivity contribution >= 4 is 5.97 Å². The van der Waals surface area contributed by atoms with E-state index >= 15 is 0 Å². The van der Waals surface area contributed by atoms with E-state index in [1.165, 1.54) is 0 Å². The van der Waals surface area contributed by atoms with Crippen molar-refractivity contribution in [2.45, 2.75) is 25.2 Å². The Bertz CT molecular complexity index is 449. The topological polar surface area (TPSA) is 55.8 Å². The van der Waals surface area contributed by atoms with Gasteiger partial charge >= 0.3 is 5.97 Å². The van der Waals surface area contributed by atoms with Crippen molar-refractivity contribution in [1.82, 2.24) is 0 Å². The number of ether oxygens (including phenoxy) is 2. The summed E-state index contributed by atoms with van der Waals surface area (Å²) in [5, 5.41) is 8.82. The minimum absolute atomic E-state index is 0.130. The van der Waals surface area contributed by atoms with Crippen LogP contribution < -0.4 is 4.74 Å². The van der Waals surface area contributed by atoms with E-state index in [2.05, 4.69) is 6.07 Å². The predicted octanol–water partition coefficient (Wildman–Crippen LogP) is 2.14. The van der Waals surface area contributed by atoms with E-state index in [-0.39, 0.29) is 11.8 Å². The highest BCUT2D eigenvalue weighted by Crippen LogP contribution is 2.38. The second-order valence-corrected chi connectivity index (χ2v) is 4.85. The van der Waals surface area contributed by atoms with Crippen LogP contribution in [0.25, 0.3) is 0 Å². The summed E-state index contributed by atoms with van der Waals surface area (Å²) in [6.45, 7) is 3.20. The third kappa shape index (κ3) is 2.34. The minimum atomic E-state index is -0.758. The largest absolute Gasteiger partial charge is 0.496 e. The second kappa shape index (κ2) is 4.98. The molecule has 1 aromatic rings. The minimum Gasteiger partial charge on any atom is -0.496 e. The number of hydrogen-bond acceptors (Lipinski definition) is 3. The number of aryl methyl sites for hydroxylation is 1. The smallest absolute Gasteiger partial charge is 0.303 e. The first kappa shape index (κ1) is 12.9. The molecule has 1 aliphatic heterocycles. The third-order valence-electron chi connectivity index (χ3n) is 3.58. The molecule has 1 saturated heterocycles. The zero-order valence-electron chi connectivity index (χ0n) is 10.7. The summed E-state index contributed by atoms with van der Waals surface area (Å²) in [5.41, 5.74) is 2.08. The Labute approximate surface area is 107 Å². The molecule has 1 fully saturated rings. The Kier molecular flexibility index (Phi) is 3.57. The number of rotatable bonds is 5. The van der Waals surface area contributed by atoms with Crippen molar-refractivity contribution in [3.8, 4) is 5.75 Å². The SMILES string of the molecule is COc1ccc(C2(CCC(=O)O)COC2)cc1C. The first-order chi connectivity index (χ1) is 8.57. The molecule has 1 N–H and O–H groups in total. The molecule has 0 amide bonds. The number of carboxylic acids is 1. The van der Waals surface area contributed by atoms with E-state index in [0.717, 1.165) is 16.9 Å². The summed E-state index contributed by atoms with van der Waals surface area (Å²) in [4.78, 5) is 10.7. The number of benzene rings is 1. The van der Waals surface area contributed by atoms with Crippen LogP contribution in [0, 0.1) is 6.92 Å². The molecule has 0 unspecified atom stereocenters. The number of carbonyl (C=O) groups is 1. The molecule has 98 valence electrons. The molecule has 0 radical (unpaired) electrons. The van der Waals surface area contributed by atoms with Gasteiger partial charge in [0, 0.05) is 11.8 Å². The summed E-state index contributed by atoms with van der Waals surface area (Å²) in [5.74, 6) is 0.0962. The van der Waals surface area contributed by atoms with Crippen molar-refractivity contribution in [1.29, 1.82) is 0 Å². The van der Waals surface area contributed by atoms with Gasteiger partial charge in [0.2, 0.25) is 0 Å². The Morgan fingerprint density at radius 1 is 1.50 bits per heavy atom. The van der Waals surface area contributed by atoms with E-state index in [4.69, 9.17) is 14.6 Å². The van der Waals surface area contributed by atoms with Crippen LogP contribution in [0.5, 0.6) is 5.75 Å². The van der Waals surface area contributed by atoms with Crippen LogP contribution in [0.3, 0.4) is 0 Å². The van der Waals surface area contributed by atoms with Crippen molar-refractivity contribution < 1.29 is 19.4 Å². The lowest BCUT2D eigenvalue weighted by molar-refractivity contribution is -0.139. The molecule has 0 aromatic heterocycles. The Morgan fingerprint density at radius 3 is 2.67 bits per heavy atom. The molecule has 0 spiro atoms. The average Bonchev–Trinajstić information content (AvgIpc) is 2.27. The van der Waals surface area contributed by atoms with Crippen molar-refractivity contribution in [3.63, 3.8) is 0 Å². The van der Waals surface area contributed by atoms with Gasteiger partial charge in [0.25, 0.3) is 0 Å². The third-order valence-corrected chi connectivity index (χ3v) is 3.58. The molecule has 0 bridgehead atoms. The van der Waals surface area contributed by atoms with Crippen molar-refractivity contribution in [2.75, 3.05) is 20.3 Å². The van der Waals surface area contributed by atoms with Crippen LogP contribution in [0.2, 0.25) is 0 Å². The average molecular weight is 250 g/mol. The maximum absolute atomic E-state index is 10.7. The van der Waals surface area contributed by atoms with Crippen molar-refractivity contribution in [3.05, 3.63) is 29.3 Å². The lowest BCUT2D eigenvalue weighted by Gasteiger charge is -2.42. The summed E-state index contributed by atoms with van der Waals surface area (Å²) in [6.07, 6.45) is 0.794. The molecule has 1 heterocycles. The molecule has 4 nitrogen and oxygen atoms in total. The lowest BCUT2D eigenvalue weighted by atomic mass is 9.74. The molecule has 0 aliphatic carbocycles. The van der Waals surface area contributed by atoms with Crippen LogP contribution in [-0.4, -0.2) is 31.4 Å². The molecule has 18 heavy (non-hydrogen) atoms. The molecule has 1 aromatic carbocycles. The standard InChI is InChI=1S/C14H18O4/c1-10-7-11(3-4-12(10)17-2)14(8-18-9-14)6-5-13(15)16/h3-4,7H,5-6,8-9H2,1-2H3,(H,15,16). The Morgan fingerprint density at radius 2 is 2.22 bits per heavy atom. The lowest BCUT2D eigenvalue weighted by Crippen LogP contribution is -2.47. The van der Waals surface area contributed by atoms with E-state index in [1.807, 2.05) is 19.1 Å². The number of hydrogen-bond donors (Lipinski definition) is 1. The van der Waals surface area contributed by atoms with Crippen LogP contribution >= 0.6 is 0 Å². The van der Waals surface area contributed by atoms with Crippen molar-refractivity contribution in [2.24, 2.45) is 0 Å². The normalized spacial score (nSPS) is 17.0. The molecule has 0 saturated carbocycles. The van der Waals surface area contributed by atoms with Crippen LogP contribution in [-0.2, 0) is 14.9 Å². The second-order valence-electron chi connectivity index (χ2n) is 4.85. The van der Waals surface area contributed by atoms with E-state index in [9.17, 15) is 4.79 Å². The highest BCUT2D eigenvalue weighted by molar-refractivity contribution is 5.67. The van der Waals surface area contributed by atoms with Gasteiger partial charge in [0.1, 0.15) is 5.75 Å². The summed E-state index contributed by atoms with van der Waals surface area (Å²) < 4.78 is 10.5. The molecular weight excluding hydrogens is 232 g/mol. The van der Waals surface area contributed by atoms with E-state index in [1.54, 1.807) is 7.11 Å². The van der Waals surface area contributed by atoms with Crippen LogP contribution in [0.4, 0.5) is 0 Å². The van der Waals surface area contributed by atoms with Gasteiger partial charge in [-0.2, -0.15) is 0 Å². The summed E-state index contributed by atoms with van der Waals surface area (Å²) in [6, 6.07) is 6.02. The van der Waals surface area contributed by atoms with Crippen LogP contribution in [0.15, 0.2) is 18.2 Å². The zero-order chi connectivity index (χ0) is 13.2. The molecule has 0 atom stereocenters. The van der Waals surface area contributed by atoms with Gasteiger partial charge in [-0.15, -0.1) is 0 Å². The van der Waals surface area contributed by atoms with Gasteiger partial charge in [-0.05, 0) is 30.5 Å². The van der Waals surface area contributed by atoms with Gasteiger partial charge < -0.3 is 14.6 Å². The first-order valence-electron chi connectivity index (χ1n) is 6.02. The van der Waals surface area contributed by atoms with E-state index in [0.29, 0.717) is 19.6 Å².